The van der Waals surface area contributed by atoms with Crippen molar-refractivity contribution in [1.82, 2.24) is 4.90 Å². The Kier molecular flexibility index (Phi) is 6.63. The number of aliphatic carboxylic acids is 1. The van der Waals surface area contributed by atoms with Gasteiger partial charge in [-0.3, -0.25) is 4.79 Å². The summed E-state index contributed by atoms with van der Waals surface area (Å²) in [5.41, 5.74) is 1.08. The van der Waals surface area contributed by atoms with Crippen molar-refractivity contribution in [2.75, 3.05) is 6.54 Å². The van der Waals surface area contributed by atoms with Crippen LogP contribution < -0.4 is 5.11 Å². The first-order chi connectivity index (χ1) is 11.1. The van der Waals surface area contributed by atoms with Crippen LogP contribution in [0.15, 0.2) is 30.3 Å². The first-order valence-electron chi connectivity index (χ1n) is 8.67. The molecule has 0 heterocycles. The number of carbonyl (C=O) groups excluding carboxylic acids is 2. The molecule has 2 atom stereocenters. The largest absolute Gasteiger partial charge is 0.550 e. The summed E-state index contributed by atoms with van der Waals surface area (Å²) >= 11 is 0. The van der Waals surface area contributed by atoms with E-state index in [1.165, 1.54) is 0 Å². The minimum atomic E-state index is -1.07. The summed E-state index contributed by atoms with van der Waals surface area (Å²) in [5.74, 6) is -2.14. The lowest BCUT2D eigenvalue weighted by molar-refractivity contribution is -0.314. The van der Waals surface area contributed by atoms with E-state index in [1.54, 1.807) is 0 Å². The molecule has 4 nitrogen and oxygen atoms in total. The molecule has 0 radical (unpaired) electrons. The molecule has 4 heteroatoms. The standard InChI is InChI=1S/C19H27NO3/c1-2-3-13-20(14-15-9-5-4-6-10-15)18(21)16-11-7-8-12-17(16)19(22)23/h4-6,9-10,16-17H,2-3,7-8,11-14H2,1H3,(H,22,23)/p-1/t16-,17+/m0/s1. The predicted molar refractivity (Wildman–Crippen MR) is 87.2 cm³/mol. The third kappa shape index (κ3) is 4.81. The lowest BCUT2D eigenvalue weighted by Crippen LogP contribution is -2.46. The van der Waals surface area contributed by atoms with Crippen molar-refractivity contribution < 1.29 is 14.7 Å². The molecule has 1 aliphatic carbocycles. The molecular weight excluding hydrogens is 290 g/mol. The molecule has 1 aliphatic rings. The average molecular weight is 316 g/mol. The van der Waals surface area contributed by atoms with Crippen LogP contribution in [0.25, 0.3) is 0 Å². The van der Waals surface area contributed by atoms with E-state index in [-0.39, 0.29) is 5.91 Å². The van der Waals surface area contributed by atoms with Crippen molar-refractivity contribution in [2.24, 2.45) is 11.8 Å². The van der Waals surface area contributed by atoms with Crippen LogP contribution >= 0.6 is 0 Å². The molecule has 2 rings (SSSR count). The fourth-order valence-corrected chi connectivity index (χ4v) is 3.36. The van der Waals surface area contributed by atoms with Crippen molar-refractivity contribution in [1.29, 1.82) is 0 Å². The van der Waals surface area contributed by atoms with Crippen LogP contribution in [-0.4, -0.2) is 23.3 Å². The monoisotopic (exact) mass is 316 g/mol. The Morgan fingerprint density at radius 1 is 1.13 bits per heavy atom. The molecule has 23 heavy (non-hydrogen) atoms. The number of carboxylic acid groups (broad SMARTS) is 1. The Bertz CT molecular complexity index is 515. The fraction of sp³-hybridized carbons (Fsp3) is 0.579. The van der Waals surface area contributed by atoms with E-state index < -0.39 is 17.8 Å². The second-order valence-corrected chi connectivity index (χ2v) is 6.42. The summed E-state index contributed by atoms with van der Waals surface area (Å²) in [6, 6.07) is 9.88. The number of benzene rings is 1. The Labute approximate surface area is 138 Å². The van der Waals surface area contributed by atoms with Gasteiger partial charge in [0.05, 0.1) is 0 Å². The van der Waals surface area contributed by atoms with Gasteiger partial charge in [0.1, 0.15) is 0 Å². The van der Waals surface area contributed by atoms with E-state index in [1.807, 2.05) is 35.2 Å². The van der Waals surface area contributed by atoms with E-state index in [0.29, 0.717) is 25.9 Å². The van der Waals surface area contributed by atoms with Crippen LogP contribution in [-0.2, 0) is 16.1 Å². The highest BCUT2D eigenvalue weighted by atomic mass is 16.4. The van der Waals surface area contributed by atoms with Gasteiger partial charge in [0.2, 0.25) is 5.91 Å². The number of hydrogen-bond donors (Lipinski definition) is 0. The summed E-state index contributed by atoms with van der Waals surface area (Å²) in [5, 5.41) is 11.4. The van der Waals surface area contributed by atoms with Crippen molar-refractivity contribution in [3.05, 3.63) is 35.9 Å². The zero-order valence-electron chi connectivity index (χ0n) is 13.9. The lowest BCUT2D eigenvalue weighted by atomic mass is 9.78. The normalized spacial score (nSPS) is 20.9. The second-order valence-electron chi connectivity index (χ2n) is 6.42. The number of nitrogens with zero attached hydrogens (tertiary/aromatic N) is 1. The quantitative estimate of drug-likeness (QED) is 0.776. The highest BCUT2D eigenvalue weighted by molar-refractivity contribution is 5.84. The molecule has 1 amide bonds. The topological polar surface area (TPSA) is 60.4 Å². The predicted octanol–water partition coefficient (Wildman–Crippen LogP) is 2.37. The number of amides is 1. The van der Waals surface area contributed by atoms with Gasteiger partial charge in [-0.05, 0) is 24.8 Å². The van der Waals surface area contributed by atoms with Gasteiger partial charge in [-0.25, -0.2) is 0 Å². The van der Waals surface area contributed by atoms with Crippen LogP contribution in [0.3, 0.4) is 0 Å². The second kappa shape index (κ2) is 8.70. The molecule has 1 fully saturated rings. The third-order valence-electron chi connectivity index (χ3n) is 4.70. The molecule has 1 aromatic rings. The molecule has 0 N–H and O–H groups in total. The Balaban J connectivity index is 2.12. The minimum absolute atomic E-state index is 0.0174. The smallest absolute Gasteiger partial charge is 0.226 e. The van der Waals surface area contributed by atoms with Crippen molar-refractivity contribution in [2.45, 2.75) is 52.0 Å². The molecular formula is C19H26NO3-. The van der Waals surface area contributed by atoms with Crippen LogP contribution in [0.4, 0.5) is 0 Å². The molecule has 1 aromatic carbocycles. The molecule has 0 bridgehead atoms. The van der Waals surface area contributed by atoms with Crippen LogP contribution in [0.2, 0.25) is 0 Å². The van der Waals surface area contributed by atoms with Gasteiger partial charge in [-0.2, -0.15) is 0 Å². The Hall–Kier alpha value is -1.84. The Morgan fingerprint density at radius 3 is 2.39 bits per heavy atom. The summed E-state index contributed by atoms with van der Waals surface area (Å²) in [6.07, 6.45) is 4.96. The minimum Gasteiger partial charge on any atom is -0.550 e. The molecule has 0 unspecified atom stereocenters. The van der Waals surface area contributed by atoms with E-state index in [2.05, 4.69) is 6.92 Å². The van der Waals surface area contributed by atoms with E-state index >= 15 is 0 Å². The summed E-state index contributed by atoms with van der Waals surface area (Å²) in [7, 11) is 0. The SMILES string of the molecule is CCCCN(Cc1ccccc1)C(=O)[C@H]1CCCC[C@H]1C(=O)[O-]. The van der Waals surface area contributed by atoms with Gasteiger partial charge in [-0.1, -0.05) is 56.5 Å². The zero-order valence-corrected chi connectivity index (χ0v) is 13.9. The van der Waals surface area contributed by atoms with Gasteiger partial charge in [0.25, 0.3) is 0 Å². The number of carbonyl (C=O) groups is 2. The maximum absolute atomic E-state index is 13.0. The average Bonchev–Trinajstić information content (AvgIpc) is 2.58. The fourth-order valence-electron chi connectivity index (χ4n) is 3.36. The van der Waals surface area contributed by atoms with E-state index in [0.717, 1.165) is 31.2 Å². The lowest BCUT2D eigenvalue weighted by Gasteiger charge is -2.35. The number of hydrogen-bond acceptors (Lipinski definition) is 3. The molecule has 0 aliphatic heterocycles. The summed E-state index contributed by atoms with van der Waals surface area (Å²) in [4.78, 5) is 26.2. The van der Waals surface area contributed by atoms with Crippen LogP contribution in [0.5, 0.6) is 0 Å². The molecule has 0 aromatic heterocycles. The van der Waals surface area contributed by atoms with E-state index in [4.69, 9.17) is 0 Å². The summed E-state index contributed by atoms with van der Waals surface area (Å²) < 4.78 is 0. The van der Waals surface area contributed by atoms with E-state index in [9.17, 15) is 14.7 Å². The number of carboxylic acids is 1. The van der Waals surface area contributed by atoms with Gasteiger partial charge in [0.15, 0.2) is 0 Å². The first kappa shape index (κ1) is 17.5. The molecule has 1 saturated carbocycles. The van der Waals surface area contributed by atoms with Gasteiger partial charge >= 0.3 is 0 Å². The van der Waals surface area contributed by atoms with Crippen molar-refractivity contribution in [3.63, 3.8) is 0 Å². The molecule has 0 spiro atoms. The molecule has 126 valence electrons. The highest BCUT2D eigenvalue weighted by Gasteiger charge is 2.34. The maximum Gasteiger partial charge on any atom is 0.226 e. The number of rotatable bonds is 7. The van der Waals surface area contributed by atoms with Gasteiger partial charge < -0.3 is 14.8 Å². The first-order valence-corrected chi connectivity index (χ1v) is 8.67. The molecule has 0 saturated heterocycles. The van der Waals surface area contributed by atoms with Crippen LogP contribution in [0, 0.1) is 11.8 Å². The zero-order chi connectivity index (χ0) is 16.7. The maximum atomic E-state index is 13.0. The third-order valence-corrected chi connectivity index (χ3v) is 4.70. The van der Waals surface area contributed by atoms with Crippen molar-refractivity contribution in [3.8, 4) is 0 Å². The Morgan fingerprint density at radius 2 is 1.78 bits per heavy atom. The van der Waals surface area contributed by atoms with Crippen LogP contribution in [0.1, 0.15) is 51.0 Å². The highest BCUT2D eigenvalue weighted by Crippen LogP contribution is 2.31. The number of unbranched alkanes of at least 4 members (excludes halogenated alkanes) is 1. The summed E-state index contributed by atoms with van der Waals surface area (Å²) in [6.45, 7) is 3.33. The van der Waals surface area contributed by atoms with Gasteiger partial charge in [-0.15, -0.1) is 0 Å². The van der Waals surface area contributed by atoms with Crippen molar-refractivity contribution >= 4 is 11.9 Å². The van der Waals surface area contributed by atoms with Gasteiger partial charge in [0, 0.05) is 30.9 Å².